The van der Waals surface area contributed by atoms with Crippen molar-refractivity contribution in [1.82, 2.24) is 0 Å². The highest BCUT2D eigenvalue weighted by Crippen LogP contribution is 2.39. The van der Waals surface area contributed by atoms with Crippen molar-refractivity contribution in [3.8, 4) is 16.9 Å². The molecule has 0 atom stereocenters. The number of anilines is 3. The molecule has 0 unspecified atom stereocenters. The van der Waals surface area contributed by atoms with Crippen LogP contribution in [0.15, 0.2) is 77.9 Å². The van der Waals surface area contributed by atoms with Crippen LogP contribution in [-0.4, -0.2) is 27.8 Å². The molecule has 38 heavy (non-hydrogen) atoms. The summed E-state index contributed by atoms with van der Waals surface area (Å²) in [7, 11) is 0. The zero-order valence-corrected chi connectivity index (χ0v) is 20.9. The van der Waals surface area contributed by atoms with E-state index in [0.29, 0.717) is 33.6 Å². The van der Waals surface area contributed by atoms with Crippen molar-refractivity contribution in [1.29, 1.82) is 0 Å². The van der Waals surface area contributed by atoms with Crippen LogP contribution in [0, 0.1) is 26.6 Å². The lowest BCUT2D eigenvalue weighted by Crippen LogP contribution is -2.26. The van der Waals surface area contributed by atoms with Crippen molar-refractivity contribution < 1.29 is 24.2 Å². The molecular formula is C30H24FN3O4. The lowest BCUT2D eigenvalue weighted by atomic mass is 10.0. The van der Waals surface area contributed by atoms with E-state index < -0.39 is 17.7 Å². The molecule has 4 aromatic carbocycles. The molecule has 1 aliphatic heterocycles. The quantitative estimate of drug-likeness (QED) is 0.216. The van der Waals surface area contributed by atoms with Crippen LogP contribution in [0.25, 0.3) is 11.1 Å². The zero-order chi connectivity index (χ0) is 27.1. The normalized spacial score (nSPS) is 13.6. The minimum absolute atomic E-state index is 0.00481. The lowest BCUT2D eigenvalue weighted by Gasteiger charge is -2.18. The summed E-state index contributed by atoms with van der Waals surface area (Å²) in [5.41, 5.74) is 7.87. The maximum Gasteiger partial charge on any atom is 0.335 e. The fraction of sp³-hybridized carbons (Fsp3) is 0.100. The van der Waals surface area contributed by atoms with Crippen LogP contribution in [-0.2, 0) is 4.79 Å². The van der Waals surface area contributed by atoms with Gasteiger partial charge in [0, 0.05) is 16.8 Å². The number of halogens is 1. The van der Waals surface area contributed by atoms with Gasteiger partial charge in [0.25, 0.3) is 5.91 Å². The number of nitrogens with zero attached hydrogens (tertiary/aromatic N) is 2. The number of amides is 1. The van der Waals surface area contributed by atoms with Crippen LogP contribution in [0.4, 0.5) is 21.5 Å². The van der Waals surface area contributed by atoms with Crippen molar-refractivity contribution in [2.45, 2.75) is 20.8 Å². The maximum absolute atomic E-state index is 14.6. The number of aromatic carboxylic acids is 1. The number of nitrogens with one attached hydrogen (secondary N) is 1. The first-order valence-electron chi connectivity index (χ1n) is 11.9. The number of carboxylic acid groups (broad SMARTS) is 1. The lowest BCUT2D eigenvalue weighted by molar-refractivity contribution is -0.111. The predicted octanol–water partition coefficient (Wildman–Crippen LogP) is 6.32. The number of phenols is 1. The number of benzene rings is 4. The van der Waals surface area contributed by atoms with E-state index in [1.807, 2.05) is 32.0 Å². The van der Waals surface area contributed by atoms with Gasteiger partial charge in [0.1, 0.15) is 11.6 Å². The Balaban J connectivity index is 1.55. The molecule has 3 N–H and O–H groups in total. The van der Waals surface area contributed by atoms with Gasteiger partial charge in [-0.3, -0.25) is 15.1 Å². The molecule has 5 rings (SSSR count). The highest BCUT2D eigenvalue weighted by molar-refractivity contribution is 6.55. The second-order valence-corrected chi connectivity index (χ2v) is 9.19. The van der Waals surface area contributed by atoms with Crippen LogP contribution in [0.5, 0.6) is 5.75 Å². The number of para-hydroxylation sites is 1. The van der Waals surface area contributed by atoms with Crippen LogP contribution >= 0.6 is 0 Å². The summed E-state index contributed by atoms with van der Waals surface area (Å²) in [5.74, 6) is -2.16. The molecule has 0 fully saturated rings. The second kappa shape index (κ2) is 9.48. The fourth-order valence-electron chi connectivity index (χ4n) is 4.40. The molecule has 0 saturated carbocycles. The Hall–Kier alpha value is -4.98. The van der Waals surface area contributed by atoms with Gasteiger partial charge in [0.2, 0.25) is 0 Å². The van der Waals surface area contributed by atoms with Gasteiger partial charge in [0.05, 0.1) is 16.9 Å². The van der Waals surface area contributed by atoms with Gasteiger partial charge in [-0.2, -0.15) is 5.10 Å². The fourth-order valence-corrected chi connectivity index (χ4v) is 4.40. The number of hydrazone groups is 1. The highest BCUT2D eigenvalue weighted by atomic mass is 19.1. The summed E-state index contributed by atoms with van der Waals surface area (Å²) >= 11 is 0. The van der Waals surface area contributed by atoms with Crippen molar-refractivity contribution in [3.05, 3.63) is 106 Å². The molecule has 0 aromatic heterocycles. The van der Waals surface area contributed by atoms with Gasteiger partial charge in [-0.15, -0.1) is 0 Å². The Labute approximate surface area is 218 Å². The van der Waals surface area contributed by atoms with Crippen LogP contribution < -0.4 is 10.3 Å². The standard InChI is InChI=1S/C30H24FN3O4/c1-16-10-11-21(12-17(16)2)34-26-13-18(3)24(31)15-23(26)27(29(34)36)33-32-25-9-5-8-22(28(25)35)19-6-4-7-20(14-19)30(37)38/h4-15,32,35H,1-3H3,(H,37,38)/b33-27-. The Kier molecular flexibility index (Phi) is 6.16. The molecule has 4 aromatic rings. The molecule has 7 nitrogen and oxygen atoms in total. The molecule has 1 heterocycles. The molecule has 1 amide bonds. The average molecular weight is 510 g/mol. The van der Waals surface area contributed by atoms with Gasteiger partial charge in [0.15, 0.2) is 5.71 Å². The van der Waals surface area contributed by atoms with E-state index in [1.54, 1.807) is 43.3 Å². The maximum atomic E-state index is 14.6. The van der Waals surface area contributed by atoms with E-state index in [9.17, 15) is 24.2 Å². The van der Waals surface area contributed by atoms with E-state index in [2.05, 4.69) is 10.5 Å². The molecule has 1 aliphatic rings. The van der Waals surface area contributed by atoms with E-state index >= 15 is 0 Å². The van der Waals surface area contributed by atoms with Gasteiger partial charge >= 0.3 is 5.97 Å². The number of fused-ring (bicyclic) bond motifs is 1. The molecule has 0 aliphatic carbocycles. The van der Waals surface area contributed by atoms with Gasteiger partial charge in [-0.1, -0.05) is 30.3 Å². The van der Waals surface area contributed by atoms with E-state index in [1.165, 1.54) is 23.1 Å². The molecular weight excluding hydrogens is 485 g/mol. The Bertz CT molecular complexity index is 1660. The van der Waals surface area contributed by atoms with Gasteiger partial charge in [-0.25, -0.2) is 9.18 Å². The smallest absolute Gasteiger partial charge is 0.335 e. The molecule has 0 saturated heterocycles. The summed E-state index contributed by atoms with van der Waals surface area (Å²) in [6.45, 7) is 5.57. The van der Waals surface area contributed by atoms with Gasteiger partial charge < -0.3 is 10.2 Å². The van der Waals surface area contributed by atoms with Crippen molar-refractivity contribution in [3.63, 3.8) is 0 Å². The van der Waals surface area contributed by atoms with E-state index in [-0.39, 0.29) is 22.7 Å². The van der Waals surface area contributed by atoms with Crippen molar-refractivity contribution in [2.24, 2.45) is 5.10 Å². The number of rotatable bonds is 5. The van der Waals surface area contributed by atoms with Crippen molar-refractivity contribution >= 4 is 34.7 Å². The number of hydrogen-bond acceptors (Lipinski definition) is 5. The summed E-state index contributed by atoms with van der Waals surface area (Å²) in [6, 6.07) is 19.6. The molecule has 0 bridgehead atoms. The first-order chi connectivity index (χ1) is 18.2. The highest BCUT2D eigenvalue weighted by Gasteiger charge is 2.36. The third-order valence-electron chi connectivity index (χ3n) is 6.67. The summed E-state index contributed by atoms with van der Waals surface area (Å²) in [5, 5.41) is 24.5. The van der Waals surface area contributed by atoms with Crippen LogP contribution in [0.1, 0.15) is 32.6 Å². The molecule has 0 radical (unpaired) electrons. The zero-order valence-electron chi connectivity index (χ0n) is 20.9. The van der Waals surface area contributed by atoms with Crippen molar-refractivity contribution in [2.75, 3.05) is 10.3 Å². The number of phenolic OH excluding ortho intramolecular Hbond substituents is 1. The minimum atomic E-state index is -1.08. The monoisotopic (exact) mass is 509 g/mol. The molecule has 0 spiro atoms. The number of carboxylic acids is 1. The largest absolute Gasteiger partial charge is 0.505 e. The number of carbonyl (C=O) groups is 2. The third kappa shape index (κ3) is 4.26. The SMILES string of the molecule is Cc1ccc(N2C(=O)/C(=N\Nc3cccc(-c4cccc(C(=O)O)c4)c3O)c3cc(F)c(C)cc32)cc1C. The Morgan fingerprint density at radius 3 is 2.39 bits per heavy atom. The summed E-state index contributed by atoms with van der Waals surface area (Å²) < 4.78 is 14.6. The first kappa shape index (κ1) is 24.7. The molecule has 8 heteroatoms. The molecule has 190 valence electrons. The predicted molar refractivity (Wildman–Crippen MR) is 145 cm³/mol. The van der Waals surface area contributed by atoms with E-state index in [0.717, 1.165) is 11.1 Å². The summed E-state index contributed by atoms with van der Waals surface area (Å²) in [4.78, 5) is 26.5. The number of aromatic hydroxyl groups is 1. The van der Waals surface area contributed by atoms with Crippen LogP contribution in [0.3, 0.4) is 0 Å². The number of carbonyl (C=O) groups excluding carboxylic acids is 1. The number of aryl methyl sites for hydroxylation is 3. The van der Waals surface area contributed by atoms with Crippen LogP contribution in [0.2, 0.25) is 0 Å². The Morgan fingerprint density at radius 2 is 1.66 bits per heavy atom. The minimum Gasteiger partial charge on any atom is -0.505 e. The first-order valence-corrected chi connectivity index (χ1v) is 11.9. The summed E-state index contributed by atoms with van der Waals surface area (Å²) in [6.07, 6.45) is 0. The Morgan fingerprint density at radius 1 is 0.895 bits per heavy atom. The topological polar surface area (TPSA) is 102 Å². The van der Waals surface area contributed by atoms with Gasteiger partial charge in [-0.05, 0) is 85.5 Å². The van der Waals surface area contributed by atoms with E-state index in [4.69, 9.17) is 0 Å². The third-order valence-corrected chi connectivity index (χ3v) is 6.67. The second-order valence-electron chi connectivity index (χ2n) is 9.19. The number of hydrogen-bond donors (Lipinski definition) is 3. The average Bonchev–Trinajstić information content (AvgIpc) is 3.15.